The minimum Gasteiger partial charge on any atom is -0.494 e. The Bertz CT molecular complexity index is 1280. The molecule has 0 bridgehead atoms. The first-order valence-corrected chi connectivity index (χ1v) is 13.1. The van der Waals surface area contributed by atoms with E-state index in [-0.39, 0.29) is 17.4 Å². The highest BCUT2D eigenvalue weighted by Gasteiger charge is 2.20. The van der Waals surface area contributed by atoms with Crippen LogP contribution in [0.5, 0.6) is 5.75 Å². The molecule has 0 aromatic heterocycles. The second kappa shape index (κ2) is 13.8. The van der Waals surface area contributed by atoms with Gasteiger partial charge in [0.15, 0.2) is 0 Å². The van der Waals surface area contributed by atoms with Gasteiger partial charge in [0.2, 0.25) is 0 Å². The zero-order chi connectivity index (χ0) is 26.7. The molecule has 0 aliphatic heterocycles. The van der Waals surface area contributed by atoms with Crippen LogP contribution in [-0.4, -0.2) is 35.7 Å². The molecule has 4 nitrogen and oxygen atoms in total. The number of carboxylic acids is 1. The molecule has 0 unspecified atom stereocenters. The van der Waals surface area contributed by atoms with Crippen LogP contribution in [0.3, 0.4) is 0 Å². The van der Waals surface area contributed by atoms with Crippen LogP contribution in [0.15, 0.2) is 103 Å². The molecule has 0 aliphatic carbocycles. The third-order valence-electron chi connectivity index (χ3n) is 6.41. The maximum Gasteiger partial charge on any atom is 0.307 e. The van der Waals surface area contributed by atoms with Gasteiger partial charge in [-0.2, -0.15) is 0 Å². The minimum absolute atomic E-state index is 0.0419. The van der Waals surface area contributed by atoms with Crippen LogP contribution < -0.4 is 4.74 Å². The second-order valence-corrected chi connectivity index (χ2v) is 9.62. The lowest BCUT2D eigenvalue weighted by atomic mass is 9.90. The highest BCUT2D eigenvalue weighted by molar-refractivity contribution is 6.31. The van der Waals surface area contributed by atoms with Crippen molar-refractivity contribution >= 4 is 17.6 Å². The number of aliphatic carboxylic acids is 1. The zero-order valence-corrected chi connectivity index (χ0v) is 21.9. The topological polar surface area (TPSA) is 49.8 Å². The molecule has 196 valence electrons. The monoisotopic (exact) mass is 531 g/mol. The van der Waals surface area contributed by atoms with E-state index < -0.39 is 11.8 Å². The summed E-state index contributed by atoms with van der Waals surface area (Å²) in [6, 6.07) is 32.9. The lowest BCUT2D eigenvalue weighted by Gasteiger charge is -2.29. The number of carboxylic acid groups (broad SMARTS) is 1. The molecule has 0 radical (unpaired) electrons. The Labute approximate surface area is 228 Å². The molecule has 0 fully saturated rings. The van der Waals surface area contributed by atoms with Gasteiger partial charge < -0.3 is 9.84 Å². The molecular weight excluding hydrogens is 501 g/mol. The van der Waals surface area contributed by atoms with E-state index in [1.165, 1.54) is 17.2 Å². The standard InChI is InChI=1S/C32H31ClFNO3/c33-32-27(15-8-17-30(32)34)22-35(18-9-19-38-28-16-7-10-24(20-28)21-31(36)37)23-29(25-11-3-1-4-12-25)26-13-5-2-6-14-26/h1-8,10-17,20,29H,9,18-19,21-23H2,(H,36,37). The molecule has 4 aromatic carbocycles. The SMILES string of the molecule is O=C(O)Cc1cccc(OCCCN(Cc2cccc(F)c2Cl)CC(c2ccccc2)c2ccccc2)c1. The van der Waals surface area contributed by atoms with Gasteiger partial charge in [-0.05, 0) is 46.9 Å². The minimum atomic E-state index is -0.875. The van der Waals surface area contributed by atoms with Crippen molar-refractivity contribution in [2.45, 2.75) is 25.3 Å². The van der Waals surface area contributed by atoms with Crippen LogP contribution in [0.2, 0.25) is 5.02 Å². The number of benzene rings is 4. The predicted octanol–water partition coefficient (Wildman–Crippen LogP) is 7.21. The van der Waals surface area contributed by atoms with Gasteiger partial charge in [-0.3, -0.25) is 9.69 Å². The summed E-state index contributed by atoms with van der Waals surface area (Å²) >= 11 is 6.33. The Hall–Kier alpha value is -3.67. The third-order valence-corrected chi connectivity index (χ3v) is 6.83. The van der Waals surface area contributed by atoms with E-state index in [1.807, 2.05) is 48.5 Å². The zero-order valence-electron chi connectivity index (χ0n) is 21.1. The molecule has 0 saturated carbocycles. The van der Waals surface area contributed by atoms with E-state index in [4.69, 9.17) is 21.4 Å². The third kappa shape index (κ3) is 7.91. The molecule has 6 heteroatoms. The number of carbonyl (C=O) groups is 1. The van der Waals surface area contributed by atoms with Gasteiger partial charge in [0, 0.05) is 25.6 Å². The van der Waals surface area contributed by atoms with Gasteiger partial charge >= 0.3 is 5.97 Å². The van der Waals surface area contributed by atoms with Crippen LogP contribution in [0.25, 0.3) is 0 Å². The summed E-state index contributed by atoms with van der Waals surface area (Å²) in [7, 11) is 0. The summed E-state index contributed by atoms with van der Waals surface area (Å²) in [4.78, 5) is 13.3. The summed E-state index contributed by atoms with van der Waals surface area (Å²) in [6.45, 7) is 2.39. The Morgan fingerprint density at radius 3 is 2.21 bits per heavy atom. The van der Waals surface area contributed by atoms with Crippen LogP contribution in [0, 0.1) is 5.82 Å². The van der Waals surface area contributed by atoms with Crippen molar-refractivity contribution < 1.29 is 19.0 Å². The lowest BCUT2D eigenvalue weighted by Crippen LogP contribution is -2.31. The van der Waals surface area contributed by atoms with Gasteiger partial charge in [-0.15, -0.1) is 0 Å². The van der Waals surface area contributed by atoms with Crippen molar-refractivity contribution in [3.8, 4) is 5.75 Å². The van der Waals surface area contributed by atoms with Crippen molar-refractivity contribution in [1.29, 1.82) is 0 Å². The fourth-order valence-corrected chi connectivity index (χ4v) is 4.76. The van der Waals surface area contributed by atoms with Crippen LogP contribution in [-0.2, 0) is 17.8 Å². The van der Waals surface area contributed by atoms with Crippen LogP contribution in [0.1, 0.15) is 34.6 Å². The van der Waals surface area contributed by atoms with Crippen LogP contribution >= 0.6 is 11.6 Å². The molecule has 4 rings (SSSR count). The molecule has 0 saturated heterocycles. The van der Waals surface area contributed by atoms with Gasteiger partial charge in [-0.1, -0.05) is 96.5 Å². The van der Waals surface area contributed by atoms with E-state index in [9.17, 15) is 9.18 Å². The maximum atomic E-state index is 14.2. The highest BCUT2D eigenvalue weighted by atomic mass is 35.5. The first kappa shape index (κ1) is 27.4. The van der Waals surface area contributed by atoms with E-state index in [0.29, 0.717) is 31.0 Å². The lowest BCUT2D eigenvalue weighted by molar-refractivity contribution is -0.136. The summed E-state index contributed by atoms with van der Waals surface area (Å²) in [5.74, 6) is -0.523. The Morgan fingerprint density at radius 1 is 0.895 bits per heavy atom. The molecule has 0 amide bonds. The van der Waals surface area contributed by atoms with E-state index >= 15 is 0 Å². The van der Waals surface area contributed by atoms with E-state index in [2.05, 4.69) is 29.2 Å². The Balaban J connectivity index is 1.49. The number of hydrogen-bond donors (Lipinski definition) is 1. The van der Waals surface area contributed by atoms with Crippen molar-refractivity contribution in [1.82, 2.24) is 4.90 Å². The number of ether oxygens (including phenoxy) is 1. The number of hydrogen-bond acceptors (Lipinski definition) is 3. The van der Waals surface area contributed by atoms with Crippen LogP contribution in [0.4, 0.5) is 4.39 Å². The van der Waals surface area contributed by atoms with Crippen molar-refractivity contribution in [3.63, 3.8) is 0 Å². The average molecular weight is 532 g/mol. The summed E-state index contributed by atoms with van der Waals surface area (Å²) in [5.41, 5.74) is 3.86. The summed E-state index contributed by atoms with van der Waals surface area (Å²) in [6.07, 6.45) is 0.687. The van der Waals surface area contributed by atoms with Crippen molar-refractivity contribution in [3.05, 3.63) is 136 Å². The number of nitrogens with zero attached hydrogens (tertiary/aromatic N) is 1. The summed E-state index contributed by atoms with van der Waals surface area (Å²) < 4.78 is 20.2. The molecule has 4 aromatic rings. The maximum absolute atomic E-state index is 14.2. The molecule has 0 heterocycles. The molecule has 0 aliphatic rings. The normalized spacial score (nSPS) is 11.2. The van der Waals surface area contributed by atoms with E-state index in [0.717, 1.165) is 18.5 Å². The Kier molecular flexibility index (Phi) is 9.90. The quantitative estimate of drug-likeness (QED) is 0.185. The first-order chi connectivity index (χ1) is 18.5. The van der Waals surface area contributed by atoms with Crippen molar-refractivity contribution in [2.75, 3.05) is 19.7 Å². The molecule has 0 spiro atoms. The molecule has 38 heavy (non-hydrogen) atoms. The fraction of sp³-hybridized carbons (Fsp3) is 0.219. The average Bonchev–Trinajstić information content (AvgIpc) is 2.93. The van der Waals surface area contributed by atoms with Gasteiger partial charge in [0.1, 0.15) is 11.6 Å². The fourth-order valence-electron chi connectivity index (χ4n) is 4.58. The van der Waals surface area contributed by atoms with E-state index in [1.54, 1.807) is 24.3 Å². The predicted molar refractivity (Wildman–Crippen MR) is 149 cm³/mol. The largest absolute Gasteiger partial charge is 0.494 e. The van der Waals surface area contributed by atoms with Gasteiger partial charge in [-0.25, -0.2) is 4.39 Å². The number of halogens is 2. The van der Waals surface area contributed by atoms with Gasteiger partial charge in [0.05, 0.1) is 18.1 Å². The highest BCUT2D eigenvalue weighted by Crippen LogP contribution is 2.28. The molecular formula is C32H31ClFNO3. The van der Waals surface area contributed by atoms with Crippen molar-refractivity contribution in [2.24, 2.45) is 0 Å². The summed E-state index contributed by atoms with van der Waals surface area (Å²) in [5, 5.41) is 9.20. The second-order valence-electron chi connectivity index (χ2n) is 9.24. The smallest absolute Gasteiger partial charge is 0.307 e. The molecule has 1 N–H and O–H groups in total. The first-order valence-electron chi connectivity index (χ1n) is 12.7. The number of rotatable bonds is 13. The Morgan fingerprint density at radius 2 is 1.55 bits per heavy atom. The van der Waals surface area contributed by atoms with Gasteiger partial charge in [0.25, 0.3) is 0 Å². The molecule has 0 atom stereocenters.